The summed E-state index contributed by atoms with van der Waals surface area (Å²) in [5, 5.41) is 7.01. The van der Waals surface area contributed by atoms with Gasteiger partial charge in [-0.3, -0.25) is 0 Å². The van der Waals surface area contributed by atoms with Gasteiger partial charge in [-0.1, -0.05) is 121 Å². The second kappa shape index (κ2) is 10.5. The van der Waals surface area contributed by atoms with Crippen molar-refractivity contribution in [3.63, 3.8) is 0 Å². The van der Waals surface area contributed by atoms with Gasteiger partial charge < -0.3 is 4.40 Å². The maximum absolute atomic E-state index is 5.32. The number of rotatable bonds is 4. The van der Waals surface area contributed by atoms with Crippen molar-refractivity contribution in [3.05, 3.63) is 158 Å². The highest BCUT2D eigenvalue weighted by molar-refractivity contribution is 7.22. The normalized spacial score (nSPS) is 12.0. The predicted molar refractivity (Wildman–Crippen MR) is 209 cm³/mol. The van der Waals surface area contributed by atoms with Crippen molar-refractivity contribution in [1.82, 2.24) is 19.4 Å². The number of hydrogen-bond donors (Lipinski definition) is 0. The van der Waals surface area contributed by atoms with Crippen LogP contribution in [0.25, 0.3) is 104 Å². The van der Waals surface area contributed by atoms with Gasteiger partial charge in [0.25, 0.3) is 0 Å². The quantitative estimate of drug-likeness (QED) is 0.190. The molecule has 11 rings (SSSR count). The Balaban J connectivity index is 1.19. The van der Waals surface area contributed by atoms with Gasteiger partial charge >= 0.3 is 0 Å². The zero-order chi connectivity index (χ0) is 32.8. The largest absolute Gasteiger partial charge is 0.308 e. The van der Waals surface area contributed by atoms with Crippen molar-refractivity contribution in [3.8, 4) is 44.3 Å². The van der Waals surface area contributed by atoms with E-state index in [1.165, 1.54) is 48.4 Å². The zero-order valence-electron chi connectivity index (χ0n) is 26.7. The van der Waals surface area contributed by atoms with Crippen LogP contribution in [-0.4, -0.2) is 19.4 Å². The van der Waals surface area contributed by atoms with Crippen LogP contribution >= 0.6 is 11.3 Å². The van der Waals surface area contributed by atoms with Crippen molar-refractivity contribution in [2.24, 2.45) is 0 Å². The van der Waals surface area contributed by atoms with E-state index >= 15 is 0 Å². The Morgan fingerprint density at radius 3 is 1.98 bits per heavy atom. The molecule has 0 radical (unpaired) electrons. The van der Waals surface area contributed by atoms with E-state index in [-0.39, 0.29) is 0 Å². The van der Waals surface area contributed by atoms with Gasteiger partial charge in [-0.25, -0.2) is 15.0 Å². The topological polar surface area (TPSA) is 43.1 Å². The minimum absolute atomic E-state index is 0.716. The Morgan fingerprint density at radius 2 is 1.12 bits per heavy atom. The highest BCUT2D eigenvalue weighted by Crippen LogP contribution is 2.46. The molecule has 0 bridgehead atoms. The molecular formula is C45H26N4S. The lowest BCUT2D eigenvalue weighted by Gasteiger charge is -2.11. The van der Waals surface area contributed by atoms with Gasteiger partial charge in [-0.05, 0) is 47.5 Å². The maximum atomic E-state index is 5.32. The van der Waals surface area contributed by atoms with Gasteiger partial charge in [-0.2, -0.15) is 0 Å². The molecule has 232 valence electrons. The lowest BCUT2D eigenvalue weighted by atomic mass is 10.0. The van der Waals surface area contributed by atoms with Crippen LogP contribution in [0.4, 0.5) is 0 Å². The van der Waals surface area contributed by atoms with Gasteiger partial charge in [0.2, 0.25) is 0 Å². The molecule has 0 saturated heterocycles. The summed E-state index contributed by atoms with van der Waals surface area (Å²) in [6, 6.07) is 55.7. The molecule has 0 saturated carbocycles. The molecule has 11 aromatic rings. The van der Waals surface area contributed by atoms with Crippen molar-refractivity contribution in [1.29, 1.82) is 0 Å². The third-order valence-electron chi connectivity index (χ3n) is 9.94. The molecule has 0 atom stereocenters. The van der Waals surface area contributed by atoms with Crippen LogP contribution in [0.15, 0.2) is 158 Å². The minimum Gasteiger partial charge on any atom is -0.308 e. The molecule has 0 spiro atoms. The number of benzene rings is 7. The second-order valence-electron chi connectivity index (χ2n) is 12.8. The number of nitrogens with zero attached hydrogens (tertiary/aromatic N) is 4. The molecule has 0 N–H and O–H groups in total. The predicted octanol–water partition coefficient (Wildman–Crippen LogP) is 12.1. The number of hydrogen-bond acceptors (Lipinski definition) is 4. The first kappa shape index (κ1) is 27.5. The van der Waals surface area contributed by atoms with E-state index in [0.717, 1.165) is 49.4 Å². The Labute approximate surface area is 290 Å². The fraction of sp³-hybridized carbons (Fsp3) is 0. The van der Waals surface area contributed by atoms with Crippen molar-refractivity contribution in [2.75, 3.05) is 0 Å². The molecule has 0 aliphatic rings. The number of fused-ring (bicyclic) bond motifs is 9. The van der Waals surface area contributed by atoms with Gasteiger partial charge in [0, 0.05) is 43.6 Å². The van der Waals surface area contributed by atoms with Crippen LogP contribution in [0.1, 0.15) is 0 Å². The zero-order valence-corrected chi connectivity index (χ0v) is 27.5. The Morgan fingerprint density at radius 1 is 0.420 bits per heavy atom. The molecular weight excluding hydrogens is 629 g/mol. The van der Waals surface area contributed by atoms with Crippen molar-refractivity contribution >= 4 is 70.6 Å². The molecule has 5 heteroatoms. The number of thiazole rings is 1. The van der Waals surface area contributed by atoms with E-state index in [1.807, 2.05) is 6.07 Å². The van der Waals surface area contributed by atoms with Crippen LogP contribution in [0, 0.1) is 0 Å². The van der Waals surface area contributed by atoms with Gasteiger partial charge in [0.1, 0.15) is 5.01 Å². The molecule has 0 aliphatic heterocycles. The monoisotopic (exact) mass is 654 g/mol. The van der Waals surface area contributed by atoms with Gasteiger partial charge in [-0.15, -0.1) is 11.3 Å². The first-order chi connectivity index (χ1) is 24.8. The van der Waals surface area contributed by atoms with Crippen LogP contribution in [0.3, 0.4) is 0 Å². The summed E-state index contributed by atoms with van der Waals surface area (Å²) in [6.45, 7) is 0. The van der Waals surface area contributed by atoms with E-state index in [4.69, 9.17) is 15.0 Å². The Hall–Kier alpha value is -6.43. The standard InChI is InChI=1S/C45H26N4S/c1-3-12-27(13-4-1)29-16-11-17-31(24-29)44-46-36-20-9-7-19-33(36)41(48-44)30-22-23-39-35(25-30)40-42-34(32-18-8-10-21-38(32)49(39)42)26-37-43(40)50-45(47-37)28-14-5-2-6-15-28/h1-26H. The summed E-state index contributed by atoms with van der Waals surface area (Å²) in [6.07, 6.45) is 0. The minimum atomic E-state index is 0.716. The number of para-hydroxylation sites is 2. The Bertz CT molecular complexity index is 3090. The molecule has 4 aromatic heterocycles. The molecule has 0 amide bonds. The van der Waals surface area contributed by atoms with E-state index in [0.29, 0.717) is 5.82 Å². The maximum Gasteiger partial charge on any atom is 0.160 e. The molecule has 4 nitrogen and oxygen atoms in total. The van der Waals surface area contributed by atoms with Crippen LogP contribution in [0.5, 0.6) is 0 Å². The summed E-state index contributed by atoms with van der Waals surface area (Å²) in [7, 11) is 0. The average Bonchev–Trinajstić information content (AvgIpc) is 3.87. The van der Waals surface area contributed by atoms with E-state index in [2.05, 4.69) is 156 Å². The number of aromatic nitrogens is 4. The van der Waals surface area contributed by atoms with E-state index in [1.54, 1.807) is 11.3 Å². The first-order valence-electron chi connectivity index (χ1n) is 16.8. The summed E-state index contributed by atoms with van der Waals surface area (Å²) in [4.78, 5) is 15.6. The highest BCUT2D eigenvalue weighted by Gasteiger charge is 2.23. The van der Waals surface area contributed by atoms with Crippen LogP contribution in [0.2, 0.25) is 0 Å². The van der Waals surface area contributed by atoms with Crippen molar-refractivity contribution < 1.29 is 0 Å². The molecule has 4 heterocycles. The SMILES string of the molecule is c1ccc(-c2cccc(-c3nc(-c4ccc5c(c4)c4c6sc(-c7ccccc7)nc6cc6c7ccccc7n5c64)c4ccccc4n3)c2)cc1. The molecule has 0 aliphatic carbocycles. The Kier molecular flexibility index (Phi) is 5.80. The molecule has 0 fully saturated rings. The van der Waals surface area contributed by atoms with E-state index < -0.39 is 0 Å². The lowest BCUT2D eigenvalue weighted by molar-refractivity contribution is 1.23. The smallest absolute Gasteiger partial charge is 0.160 e. The fourth-order valence-electron chi connectivity index (χ4n) is 7.69. The molecule has 0 unspecified atom stereocenters. The highest BCUT2D eigenvalue weighted by atomic mass is 32.1. The van der Waals surface area contributed by atoms with Crippen LogP contribution in [-0.2, 0) is 0 Å². The lowest BCUT2D eigenvalue weighted by Crippen LogP contribution is -1.95. The first-order valence-corrected chi connectivity index (χ1v) is 17.6. The van der Waals surface area contributed by atoms with Gasteiger partial charge in [0.15, 0.2) is 5.82 Å². The second-order valence-corrected chi connectivity index (χ2v) is 13.8. The summed E-state index contributed by atoms with van der Waals surface area (Å²) in [5.41, 5.74) is 12.0. The third-order valence-corrected chi connectivity index (χ3v) is 11.1. The van der Waals surface area contributed by atoms with Gasteiger partial charge in [0.05, 0.1) is 38.0 Å². The summed E-state index contributed by atoms with van der Waals surface area (Å²) in [5.74, 6) is 0.716. The van der Waals surface area contributed by atoms with Crippen molar-refractivity contribution in [2.45, 2.75) is 0 Å². The molecule has 50 heavy (non-hydrogen) atoms. The van der Waals surface area contributed by atoms with Crippen LogP contribution < -0.4 is 0 Å². The molecule has 7 aromatic carbocycles. The summed E-state index contributed by atoms with van der Waals surface area (Å²) >= 11 is 1.78. The fourth-order valence-corrected chi connectivity index (χ4v) is 8.80. The van der Waals surface area contributed by atoms with E-state index in [9.17, 15) is 0 Å². The summed E-state index contributed by atoms with van der Waals surface area (Å²) < 4.78 is 3.65. The third kappa shape index (κ3) is 4.01. The average molecular weight is 655 g/mol.